The fourth-order valence-electron chi connectivity index (χ4n) is 2.00. The molecule has 0 aliphatic rings. The van der Waals surface area contributed by atoms with Gasteiger partial charge < -0.3 is 20.1 Å². The lowest BCUT2D eigenvalue weighted by atomic mass is 10.2. The van der Waals surface area contributed by atoms with E-state index in [2.05, 4.69) is 20.6 Å². The van der Waals surface area contributed by atoms with Crippen molar-refractivity contribution in [2.75, 3.05) is 31.4 Å². The molecule has 2 aromatic rings. The van der Waals surface area contributed by atoms with E-state index in [0.717, 1.165) is 17.8 Å². The average molecular weight is 288 g/mol. The predicted molar refractivity (Wildman–Crippen MR) is 83.2 cm³/mol. The van der Waals surface area contributed by atoms with Crippen LogP contribution in [-0.4, -0.2) is 30.7 Å². The second-order valence-corrected chi connectivity index (χ2v) is 4.35. The Labute approximate surface area is 124 Å². The Morgan fingerprint density at radius 2 is 1.86 bits per heavy atom. The maximum Gasteiger partial charge on any atom is 0.204 e. The van der Waals surface area contributed by atoms with Crippen molar-refractivity contribution in [3.05, 3.63) is 36.2 Å². The first-order valence-corrected chi connectivity index (χ1v) is 6.76. The summed E-state index contributed by atoms with van der Waals surface area (Å²) in [6.07, 6.45) is 1.50. The lowest BCUT2D eigenvalue weighted by Gasteiger charge is -2.15. The molecule has 0 saturated heterocycles. The van der Waals surface area contributed by atoms with Crippen LogP contribution in [0.1, 0.15) is 12.5 Å². The lowest BCUT2D eigenvalue weighted by molar-refractivity contribution is 0.185. The number of nitrogens with zero attached hydrogens (tertiary/aromatic N) is 2. The number of hydrogen-bond donors (Lipinski definition) is 2. The van der Waals surface area contributed by atoms with Crippen LogP contribution in [0.5, 0.6) is 5.75 Å². The monoisotopic (exact) mass is 288 g/mol. The highest BCUT2D eigenvalue weighted by molar-refractivity contribution is 5.70. The maximum absolute atomic E-state index is 5.42. The van der Waals surface area contributed by atoms with Crippen LogP contribution < -0.4 is 15.4 Å². The van der Waals surface area contributed by atoms with Gasteiger partial charge in [-0.15, -0.1) is 0 Å². The Hall–Kier alpha value is -2.34. The quantitative estimate of drug-likeness (QED) is 0.816. The Bertz CT molecular complexity index is 590. The van der Waals surface area contributed by atoms with Gasteiger partial charge in [-0.05, 0) is 13.0 Å². The lowest BCUT2D eigenvalue weighted by Crippen LogP contribution is -2.06. The van der Waals surface area contributed by atoms with E-state index in [1.54, 1.807) is 14.2 Å². The second kappa shape index (κ2) is 7.44. The number of hydrogen-bond acceptors (Lipinski definition) is 6. The van der Waals surface area contributed by atoms with Crippen LogP contribution >= 0.6 is 0 Å². The average Bonchev–Trinajstić information content (AvgIpc) is 2.50. The van der Waals surface area contributed by atoms with E-state index >= 15 is 0 Å². The van der Waals surface area contributed by atoms with Gasteiger partial charge in [0.1, 0.15) is 6.33 Å². The van der Waals surface area contributed by atoms with Crippen molar-refractivity contribution in [3.8, 4) is 5.75 Å². The van der Waals surface area contributed by atoms with Gasteiger partial charge in [0.05, 0.1) is 13.7 Å². The number of anilines is 3. The van der Waals surface area contributed by atoms with Gasteiger partial charge in [-0.1, -0.05) is 18.2 Å². The third-order valence-corrected chi connectivity index (χ3v) is 2.92. The van der Waals surface area contributed by atoms with Gasteiger partial charge in [-0.3, -0.25) is 0 Å². The van der Waals surface area contributed by atoms with E-state index < -0.39 is 0 Å². The summed E-state index contributed by atoms with van der Waals surface area (Å²) in [6, 6.07) is 7.91. The zero-order valence-electron chi connectivity index (χ0n) is 12.5. The number of methoxy groups -OCH3 is 2. The van der Waals surface area contributed by atoms with Crippen LogP contribution in [0.4, 0.5) is 17.3 Å². The van der Waals surface area contributed by atoms with Crippen LogP contribution in [-0.2, 0) is 11.3 Å². The highest BCUT2D eigenvalue weighted by Gasteiger charge is 2.13. The molecule has 112 valence electrons. The molecular weight excluding hydrogens is 268 g/mol. The van der Waals surface area contributed by atoms with Crippen molar-refractivity contribution in [1.29, 1.82) is 0 Å². The molecule has 6 heteroatoms. The normalized spacial score (nSPS) is 10.2. The molecule has 0 radical (unpaired) electrons. The van der Waals surface area contributed by atoms with Crippen molar-refractivity contribution in [3.63, 3.8) is 0 Å². The predicted octanol–water partition coefficient (Wildman–Crippen LogP) is 2.81. The Kier molecular flexibility index (Phi) is 5.34. The zero-order chi connectivity index (χ0) is 15.1. The van der Waals surface area contributed by atoms with Gasteiger partial charge in [0.15, 0.2) is 11.6 Å². The molecule has 0 aliphatic carbocycles. The first-order valence-electron chi connectivity index (χ1n) is 6.76. The number of ether oxygens (including phenoxy) is 2. The van der Waals surface area contributed by atoms with E-state index in [-0.39, 0.29) is 0 Å². The first kappa shape index (κ1) is 15.1. The SMILES string of the molecule is CCNc1ncnc(Nc2ccccc2COC)c1OC. The van der Waals surface area contributed by atoms with Crippen LogP contribution in [0.2, 0.25) is 0 Å². The summed E-state index contributed by atoms with van der Waals surface area (Å²) >= 11 is 0. The fourth-order valence-corrected chi connectivity index (χ4v) is 2.00. The summed E-state index contributed by atoms with van der Waals surface area (Å²) in [6.45, 7) is 3.28. The molecule has 0 unspecified atom stereocenters. The van der Waals surface area contributed by atoms with Crippen molar-refractivity contribution >= 4 is 17.3 Å². The fraction of sp³-hybridized carbons (Fsp3) is 0.333. The standard InChI is InChI=1S/C15H20N4O2/c1-4-16-14-13(21-3)15(18-10-17-14)19-12-8-6-5-7-11(12)9-20-2/h5-8,10H,4,9H2,1-3H3,(H2,16,17,18,19). The molecule has 1 heterocycles. The molecule has 0 spiro atoms. The molecule has 0 saturated carbocycles. The van der Waals surface area contributed by atoms with Gasteiger partial charge >= 0.3 is 0 Å². The molecule has 1 aromatic carbocycles. The van der Waals surface area contributed by atoms with Crippen molar-refractivity contribution < 1.29 is 9.47 Å². The molecule has 0 bridgehead atoms. The molecular formula is C15H20N4O2. The highest BCUT2D eigenvalue weighted by Crippen LogP contribution is 2.32. The largest absolute Gasteiger partial charge is 0.490 e. The van der Waals surface area contributed by atoms with Crippen LogP contribution in [0.3, 0.4) is 0 Å². The minimum absolute atomic E-state index is 0.524. The summed E-state index contributed by atoms with van der Waals surface area (Å²) in [5, 5.41) is 6.43. The molecule has 0 amide bonds. The van der Waals surface area contributed by atoms with E-state index in [4.69, 9.17) is 9.47 Å². The molecule has 0 fully saturated rings. The Morgan fingerprint density at radius 1 is 1.10 bits per heavy atom. The molecule has 0 aliphatic heterocycles. The molecule has 21 heavy (non-hydrogen) atoms. The number of nitrogens with one attached hydrogen (secondary N) is 2. The summed E-state index contributed by atoms with van der Waals surface area (Å²) in [5.41, 5.74) is 1.98. The van der Waals surface area contributed by atoms with Crippen molar-refractivity contribution in [2.45, 2.75) is 13.5 Å². The molecule has 2 rings (SSSR count). The van der Waals surface area contributed by atoms with Crippen LogP contribution in [0, 0.1) is 0 Å². The van der Waals surface area contributed by atoms with Crippen molar-refractivity contribution in [1.82, 2.24) is 9.97 Å². The number of aromatic nitrogens is 2. The van der Waals surface area contributed by atoms with Gasteiger partial charge in [-0.2, -0.15) is 0 Å². The summed E-state index contributed by atoms with van der Waals surface area (Å²) < 4.78 is 10.6. The van der Waals surface area contributed by atoms with Crippen LogP contribution in [0.15, 0.2) is 30.6 Å². The van der Waals surface area contributed by atoms with E-state index in [9.17, 15) is 0 Å². The Balaban J connectivity index is 2.33. The van der Waals surface area contributed by atoms with E-state index in [1.807, 2.05) is 31.2 Å². The topological polar surface area (TPSA) is 68.3 Å². The van der Waals surface area contributed by atoms with Crippen molar-refractivity contribution in [2.24, 2.45) is 0 Å². The summed E-state index contributed by atoms with van der Waals surface area (Å²) in [5.74, 6) is 1.88. The molecule has 1 aromatic heterocycles. The van der Waals surface area contributed by atoms with Gasteiger partial charge in [-0.25, -0.2) is 9.97 Å². The Morgan fingerprint density at radius 3 is 2.57 bits per heavy atom. The second-order valence-electron chi connectivity index (χ2n) is 4.35. The van der Waals surface area contributed by atoms with Gasteiger partial charge in [0.25, 0.3) is 0 Å². The third-order valence-electron chi connectivity index (χ3n) is 2.92. The number of benzene rings is 1. The number of para-hydroxylation sites is 1. The summed E-state index contributed by atoms with van der Waals surface area (Å²) in [7, 11) is 3.27. The summed E-state index contributed by atoms with van der Waals surface area (Å²) in [4.78, 5) is 8.45. The van der Waals surface area contributed by atoms with Crippen LogP contribution in [0.25, 0.3) is 0 Å². The smallest absolute Gasteiger partial charge is 0.204 e. The number of rotatable bonds is 7. The third kappa shape index (κ3) is 3.61. The maximum atomic E-state index is 5.42. The minimum Gasteiger partial charge on any atom is -0.490 e. The van der Waals surface area contributed by atoms with Gasteiger partial charge in [0.2, 0.25) is 5.75 Å². The van der Waals surface area contributed by atoms with E-state index in [0.29, 0.717) is 24.0 Å². The first-order chi connectivity index (χ1) is 10.3. The highest BCUT2D eigenvalue weighted by atomic mass is 16.5. The zero-order valence-corrected chi connectivity index (χ0v) is 12.5. The molecule has 2 N–H and O–H groups in total. The van der Waals surface area contributed by atoms with E-state index in [1.165, 1.54) is 6.33 Å². The van der Waals surface area contributed by atoms with Gasteiger partial charge in [0, 0.05) is 24.9 Å². The minimum atomic E-state index is 0.524. The molecule has 6 nitrogen and oxygen atoms in total. The molecule has 0 atom stereocenters.